The van der Waals surface area contributed by atoms with E-state index in [1.54, 1.807) is 14.2 Å². The van der Waals surface area contributed by atoms with Crippen molar-refractivity contribution in [2.75, 3.05) is 14.2 Å². The first-order chi connectivity index (χ1) is 12.4. The van der Waals surface area contributed by atoms with Gasteiger partial charge in [-0.05, 0) is 65.2 Å². The van der Waals surface area contributed by atoms with Gasteiger partial charge in [0.1, 0.15) is 11.5 Å². The second-order valence-electron chi connectivity index (χ2n) is 6.07. The van der Waals surface area contributed by atoms with Crippen molar-refractivity contribution in [2.24, 2.45) is 0 Å². The lowest BCUT2D eigenvalue weighted by atomic mass is 10.1. The Bertz CT molecular complexity index is 734. The third-order valence-electron chi connectivity index (χ3n) is 4.19. The molecule has 2 aromatic rings. The fourth-order valence-corrected chi connectivity index (χ4v) is 3.14. The quantitative estimate of drug-likeness (QED) is 0.681. The Morgan fingerprint density at radius 3 is 2.35 bits per heavy atom. The molecule has 0 fully saturated rings. The second-order valence-corrected chi connectivity index (χ2v) is 6.92. The first-order valence-electron chi connectivity index (χ1n) is 8.44. The molecule has 5 nitrogen and oxygen atoms in total. The molecule has 6 heteroatoms. The molecule has 2 N–H and O–H groups in total. The molecule has 0 spiro atoms. The molecule has 1 amide bonds. The van der Waals surface area contributed by atoms with E-state index in [9.17, 15) is 4.79 Å². The number of carbonyl (C=O) groups is 1. The van der Waals surface area contributed by atoms with E-state index in [-0.39, 0.29) is 18.0 Å². The fourth-order valence-electron chi connectivity index (χ4n) is 2.58. The molecule has 0 heterocycles. The molecule has 0 unspecified atom stereocenters. The smallest absolute Gasteiger partial charge is 0.237 e. The van der Waals surface area contributed by atoms with Gasteiger partial charge in [0.15, 0.2) is 0 Å². The SMILES string of the molecule is COc1ccc(CNC(=O)[C@H](C)N[C@@H](C)c2ccc(OC)c(Br)c2)cc1. The lowest BCUT2D eigenvalue weighted by molar-refractivity contribution is -0.123. The number of rotatable bonds is 8. The van der Waals surface area contributed by atoms with Crippen LogP contribution in [0.3, 0.4) is 0 Å². The molecule has 26 heavy (non-hydrogen) atoms. The maximum absolute atomic E-state index is 12.3. The van der Waals surface area contributed by atoms with Gasteiger partial charge in [0.2, 0.25) is 5.91 Å². The Balaban J connectivity index is 1.88. The molecule has 0 aromatic heterocycles. The maximum Gasteiger partial charge on any atom is 0.237 e. The lowest BCUT2D eigenvalue weighted by Gasteiger charge is -2.20. The number of halogens is 1. The van der Waals surface area contributed by atoms with Crippen molar-refractivity contribution >= 4 is 21.8 Å². The van der Waals surface area contributed by atoms with E-state index in [0.29, 0.717) is 6.54 Å². The Hall–Kier alpha value is -2.05. The highest BCUT2D eigenvalue weighted by Crippen LogP contribution is 2.28. The highest BCUT2D eigenvalue weighted by Gasteiger charge is 2.16. The van der Waals surface area contributed by atoms with Gasteiger partial charge >= 0.3 is 0 Å². The summed E-state index contributed by atoms with van der Waals surface area (Å²) in [6.45, 7) is 4.37. The van der Waals surface area contributed by atoms with Crippen molar-refractivity contribution in [3.05, 3.63) is 58.1 Å². The molecular formula is C20H25BrN2O3. The number of amides is 1. The van der Waals surface area contributed by atoms with Crippen LogP contribution in [0.2, 0.25) is 0 Å². The lowest BCUT2D eigenvalue weighted by Crippen LogP contribution is -2.42. The van der Waals surface area contributed by atoms with Crippen LogP contribution >= 0.6 is 15.9 Å². The molecular weight excluding hydrogens is 396 g/mol. The molecule has 2 rings (SSSR count). The van der Waals surface area contributed by atoms with E-state index in [1.807, 2.05) is 56.3 Å². The first-order valence-corrected chi connectivity index (χ1v) is 9.24. The molecule has 2 atom stereocenters. The van der Waals surface area contributed by atoms with Gasteiger partial charge in [0.05, 0.1) is 24.7 Å². The highest BCUT2D eigenvalue weighted by atomic mass is 79.9. The number of hydrogen-bond donors (Lipinski definition) is 2. The summed E-state index contributed by atoms with van der Waals surface area (Å²) in [5.41, 5.74) is 2.10. The molecule has 2 aromatic carbocycles. The van der Waals surface area contributed by atoms with Gasteiger partial charge in [0.25, 0.3) is 0 Å². The summed E-state index contributed by atoms with van der Waals surface area (Å²) in [5.74, 6) is 1.54. The van der Waals surface area contributed by atoms with E-state index in [1.165, 1.54) is 0 Å². The van der Waals surface area contributed by atoms with Crippen LogP contribution in [0.5, 0.6) is 11.5 Å². The van der Waals surface area contributed by atoms with Gasteiger partial charge < -0.3 is 14.8 Å². The predicted molar refractivity (Wildman–Crippen MR) is 107 cm³/mol. The standard InChI is InChI=1S/C20H25BrN2O3/c1-13(16-7-10-19(26-4)18(21)11-16)23-14(2)20(24)22-12-15-5-8-17(25-3)9-6-15/h5-11,13-14,23H,12H2,1-4H3,(H,22,24)/t13-,14-/m0/s1. The van der Waals surface area contributed by atoms with Crippen LogP contribution in [0.1, 0.15) is 31.0 Å². The van der Waals surface area contributed by atoms with E-state index < -0.39 is 0 Å². The van der Waals surface area contributed by atoms with Gasteiger partial charge in [-0.1, -0.05) is 18.2 Å². The average Bonchev–Trinajstić information content (AvgIpc) is 2.66. The molecule has 0 radical (unpaired) electrons. The van der Waals surface area contributed by atoms with E-state index in [2.05, 4.69) is 26.6 Å². The number of benzene rings is 2. The van der Waals surface area contributed by atoms with Crippen LogP contribution < -0.4 is 20.1 Å². The van der Waals surface area contributed by atoms with Crippen molar-refractivity contribution < 1.29 is 14.3 Å². The highest BCUT2D eigenvalue weighted by molar-refractivity contribution is 9.10. The van der Waals surface area contributed by atoms with Gasteiger partial charge in [0, 0.05) is 12.6 Å². The topological polar surface area (TPSA) is 59.6 Å². The molecule has 0 aliphatic carbocycles. The summed E-state index contributed by atoms with van der Waals surface area (Å²) in [6.07, 6.45) is 0. The minimum atomic E-state index is -0.316. The Kier molecular flexibility index (Phi) is 7.48. The monoisotopic (exact) mass is 420 g/mol. The van der Waals surface area contributed by atoms with Crippen LogP contribution in [0.25, 0.3) is 0 Å². The summed E-state index contributed by atoms with van der Waals surface area (Å²) < 4.78 is 11.3. The van der Waals surface area contributed by atoms with Crippen LogP contribution in [0.4, 0.5) is 0 Å². The molecule has 0 saturated heterocycles. The fraction of sp³-hybridized carbons (Fsp3) is 0.350. The van der Waals surface area contributed by atoms with Crippen LogP contribution in [-0.2, 0) is 11.3 Å². The Morgan fingerprint density at radius 1 is 1.08 bits per heavy atom. The predicted octanol–water partition coefficient (Wildman–Crippen LogP) is 3.82. The van der Waals surface area contributed by atoms with Crippen molar-refractivity contribution in [3.63, 3.8) is 0 Å². The number of nitrogens with one attached hydrogen (secondary N) is 2. The number of methoxy groups -OCH3 is 2. The van der Waals surface area contributed by atoms with Gasteiger partial charge in [-0.25, -0.2) is 0 Å². The Labute approximate surface area is 163 Å². The van der Waals surface area contributed by atoms with Gasteiger partial charge in [-0.2, -0.15) is 0 Å². The van der Waals surface area contributed by atoms with Gasteiger partial charge in [-0.3, -0.25) is 10.1 Å². The number of hydrogen-bond acceptors (Lipinski definition) is 4. The summed E-state index contributed by atoms with van der Waals surface area (Å²) in [5, 5.41) is 6.27. The van der Waals surface area contributed by atoms with Crippen molar-refractivity contribution in [1.82, 2.24) is 10.6 Å². The Morgan fingerprint density at radius 2 is 1.77 bits per heavy atom. The van der Waals surface area contributed by atoms with Crippen molar-refractivity contribution in [3.8, 4) is 11.5 Å². The zero-order valence-corrected chi connectivity index (χ0v) is 17.1. The summed E-state index contributed by atoms with van der Waals surface area (Å²) in [6, 6.07) is 13.2. The molecule has 0 aliphatic rings. The summed E-state index contributed by atoms with van der Waals surface area (Å²) in [7, 11) is 3.27. The van der Waals surface area contributed by atoms with E-state index in [4.69, 9.17) is 9.47 Å². The minimum absolute atomic E-state index is 0.0268. The molecule has 140 valence electrons. The minimum Gasteiger partial charge on any atom is -0.497 e. The second kappa shape index (κ2) is 9.59. The van der Waals surface area contributed by atoms with Crippen LogP contribution in [0.15, 0.2) is 46.9 Å². The van der Waals surface area contributed by atoms with E-state index >= 15 is 0 Å². The largest absolute Gasteiger partial charge is 0.497 e. The van der Waals surface area contributed by atoms with Gasteiger partial charge in [-0.15, -0.1) is 0 Å². The summed E-state index contributed by atoms with van der Waals surface area (Å²) >= 11 is 3.49. The van der Waals surface area contributed by atoms with E-state index in [0.717, 1.165) is 27.1 Å². The third kappa shape index (κ3) is 5.47. The molecule has 0 bridgehead atoms. The normalized spacial score (nSPS) is 13.0. The zero-order chi connectivity index (χ0) is 19.1. The maximum atomic E-state index is 12.3. The first kappa shape index (κ1) is 20.3. The van der Waals surface area contributed by atoms with Crippen molar-refractivity contribution in [1.29, 1.82) is 0 Å². The van der Waals surface area contributed by atoms with Crippen LogP contribution in [-0.4, -0.2) is 26.2 Å². The third-order valence-corrected chi connectivity index (χ3v) is 4.81. The van der Waals surface area contributed by atoms with Crippen molar-refractivity contribution in [2.45, 2.75) is 32.5 Å². The van der Waals surface area contributed by atoms with Crippen LogP contribution in [0, 0.1) is 0 Å². The molecule has 0 aliphatic heterocycles. The average molecular weight is 421 g/mol. The summed E-state index contributed by atoms with van der Waals surface area (Å²) in [4.78, 5) is 12.3. The zero-order valence-electron chi connectivity index (χ0n) is 15.5. The number of carbonyl (C=O) groups excluding carboxylic acids is 1. The molecule has 0 saturated carbocycles. The number of ether oxygens (including phenoxy) is 2.